The lowest BCUT2D eigenvalue weighted by atomic mass is 10.2. The quantitative estimate of drug-likeness (QED) is 0.509. The SMILES string of the molecule is C/C(=N\NC(=S)C1COc2ccccc2O1)C1COc2ccccc2O1. The molecule has 6 nitrogen and oxygen atoms in total. The molecule has 2 atom stereocenters. The number of hydrogen-bond donors (Lipinski definition) is 1. The first-order valence-corrected chi connectivity index (χ1v) is 8.72. The molecule has 0 fully saturated rings. The number of para-hydroxylation sites is 4. The Morgan fingerprint density at radius 3 is 2.00 bits per heavy atom. The lowest BCUT2D eigenvalue weighted by Gasteiger charge is -2.27. The van der Waals surface area contributed by atoms with E-state index in [1.807, 2.05) is 55.5 Å². The lowest BCUT2D eigenvalue weighted by Crippen LogP contribution is -2.42. The van der Waals surface area contributed by atoms with Gasteiger partial charge in [0.05, 0.1) is 5.71 Å². The summed E-state index contributed by atoms with van der Waals surface area (Å²) in [5, 5.41) is 4.34. The van der Waals surface area contributed by atoms with Crippen molar-refractivity contribution in [1.29, 1.82) is 0 Å². The minimum Gasteiger partial charge on any atom is -0.485 e. The van der Waals surface area contributed by atoms with E-state index in [0.29, 0.717) is 29.7 Å². The van der Waals surface area contributed by atoms with Gasteiger partial charge in [-0.25, -0.2) is 0 Å². The first-order valence-electron chi connectivity index (χ1n) is 8.32. The molecule has 26 heavy (non-hydrogen) atoms. The summed E-state index contributed by atoms with van der Waals surface area (Å²) in [6.07, 6.45) is -0.662. The van der Waals surface area contributed by atoms with Crippen molar-refractivity contribution >= 4 is 22.9 Å². The number of nitrogens with zero attached hydrogens (tertiary/aromatic N) is 1. The van der Waals surface area contributed by atoms with Crippen molar-refractivity contribution in [2.75, 3.05) is 13.2 Å². The first kappa shape index (κ1) is 16.7. The van der Waals surface area contributed by atoms with Crippen LogP contribution < -0.4 is 24.4 Å². The second-order valence-electron chi connectivity index (χ2n) is 5.96. The first-order chi connectivity index (χ1) is 12.7. The molecule has 0 aliphatic carbocycles. The van der Waals surface area contributed by atoms with Gasteiger partial charge in [0.25, 0.3) is 0 Å². The van der Waals surface area contributed by atoms with Crippen LogP contribution in [0, 0.1) is 0 Å². The maximum atomic E-state index is 5.92. The summed E-state index contributed by atoms with van der Waals surface area (Å²) in [5.74, 6) is 2.85. The Balaban J connectivity index is 1.37. The maximum absolute atomic E-state index is 5.92. The third kappa shape index (κ3) is 3.43. The Kier molecular flexibility index (Phi) is 4.62. The highest BCUT2D eigenvalue weighted by atomic mass is 32.1. The summed E-state index contributed by atoms with van der Waals surface area (Å²) in [7, 11) is 0. The van der Waals surface area contributed by atoms with Gasteiger partial charge in [-0.05, 0) is 31.2 Å². The molecule has 2 aromatic rings. The number of thiocarbonyl (C=S) groups is 1. The van der Waals surface area contributed by atoms with Crippen LogP contribution >= 0.6 is 12.2 Å². The Hall–Kier alpha value is -2.80. The summed E-state index contributed by atoms with van der Waals surface area (Å²) >= 11 is 5.39. The van der Waals surface area contributed by atoms with Crippen molar-refractivity contribution in [3.05, 3.63) is 48.5 Å². The van der Waals surface area contributed by atoms with Crippen LogP contribution in [0.25, 0.3) is 0 Å². The van der Waals surface area contributed by atoms with E-state index in [-0.39, 0.29) is 12.2 Å². The molecule has 2 unspecified atom stereocenters. The molecule has 134 valence electrons. The van der Waals surface area contributed by atoms with Crippen LogP contribution in [0.5, 0.6) is 23.0 Å². The molecule has 0 aromatic heterocycles. The summed E-state index contributed by atoms with van der Waals surface area (Å²) in [6, 6.07) is 15.1. The molecule has 0 saturated carbocycles. The standard InChI is InChI=1S/C19H18N2O4S/c1-12(17-10-22-13-6-2-4-8-15(13)24-17)20-21-19(26)18-11-23-14-7-3-5-9-16(14)25-18/h2-9,17-18H,10-11H2,1H3,(H,21,26)/b20-12+. The molecule has 2 aliphatic heterocycles. The average Bonchev–Trinajstić information content (AvgIpc) is 2.71. The molecule has 0 radical (unpaired) electrons. The molecule has 2 heterocycles. The minimum atomic E-state index is -0.388. The molecule has 0 spiro atoms. The molecule has 0 amide bonds. The van der Waals surface area contributed by atoms with Gasteiger partial charge in [0.1, 0.15) is 18.2 Å². The second-order valence-corrected chi connectivity index (χ2v) is 6.40. The Bertz CT molecular complexity index is 855. The van der Waals surface area contributed by atoms with E-state index >= 15 is 0 Å². The van der Waals surface area contributed by atoms with Crippen LogP contribution in [0.15, 0.2) is 53.6 Å². The maximum Gasteiger partial charge on any atom is 0.184 e. The minimum absolute atomic E-state index is 0.274. The summed E-state index contributed by atoms with van der Waals surface area (Å²) in [6.45, 7) is 2.61. The second kappa shape index (κ2) is 7.21. The fraction of sp³-hybridized carbons (Fsp3) is 0.263. The molecule has 2 aliphatic rings. The molecule has 2 aromatic carbocycles. The fourth-order valence-corrected chi connectivity index (χ4v) is 2.82. The number of rotatable bonds is 3. The molecule has 1 N–H and O–H groups in total. The number of benzene rings is 2. The number of hydrazone groups is 1. The molecule has 4 rings (SSSR count). The largest absolute Gasteiger partial charge is 0.485 e. The molecular formula is C19H18N2O4S. The van der Waals surface area contributed by atoms with Crippen molar-refractivity contribution in [2.45, 2.75) is 19.1 Å². The molecule has 0 saturated heterocycles. The summed E-state index contributed by atoms with van der Waals surface area (Å²) in [5.41, 5.74) is 3.62. The van der Waals surface area contributed by atoms with E-state index < -0.39 is 0 Å². The van der Waals surface area contributed by atoms with Crippen LogP contribution in [0.3, 0.4) is 0 Å². The zero-order valence-corrected chi connectivity index (χ0v) is 15.0. The molecule has 7 heteroatoms. The van der Waals surface area contributed by atoms with Crippen molar-refractivity contribution in [3.8, 4) is 23.0 Å². The van der Waals surface area contributed by atoms with E-state index in [4.69, 9.17) is 31.2 Å². The monoisotopic (exact) mass is 370 g/mol. The number of ether oxygens (including phenoxy) is 4. The van der Waals surface area contributed by atoms with Crippen molar-refractivity contribution in [3.63, 3.8) is 0 Å². The number of nitrogens with one attached hydrogen (secondary N) is 1. The predicted octanol–water partition coefficient (Wildman–Crippen LogP) is 2.96. The van der Waals surface area contributed by atoms with Gasteiger partial charge in [-0.3, -0.25) is 5.43 Å². The van der Waals surface area contributed by atoms with Gasteiger partial charge in [-0.1, -0.05) is 36.5 Å². The normalized spacial score (nSPS) is 21.0. The van der Waals surface area contributed by atoms with Crippen LogP contribution in [-0.4, -0.2) is 36.1 Å². The van der Waals surface area contributed by atoms with Crippen LogP contribution in [0.1, 0.15) is 6.92 Å². The third-order valence-electron chi connectivity index (χ3n) is 4.12. The lowest BCUT2D eigenvalue weighted by molar-refractivity contribution is 0.132. The van der Waals surface area contributed by atoms with Crippen LogP contribution in [-0.2, 0) is 0 Å². The highest BCUT2D eigenvalue weighted by Crippen LogP contribution is 2.32. The van der Waals surface area contributed by atoms with Gasteiger partial charge in [0, 0.05) is 0 Å². The number of fused-ring (bicyclic) bond motifs is 2. The summed E-state index contributed by atoms with van der Waals surface area (Å²) < 4.78 is 23.2. The highest BCUT2D eigenvalue weighted by Gasteiger charge is 2.26. The van der Waals surface area contributed by atoms with Gasteiger partial charge < -0.3 is 18.9 Å². The zero-order valence-electron chi connectivity index (χ0n) is 14.2. The van der Waals surface area contributed by atoms with E-state index in [1.165, 1.54) is 0 Å². The van der Waals surface area contributed by atoms with Gasteiger partial charge in [-0.15, -0.1) is 0 Å². The zero-order chi connectivity index (χ0) is 17.9. The summed E-state index contributed by atoms with van der Waals surface area (Å²) in [4.78, 5) is 0.455. The van der Waals surface area contributed by atoms with E-state index in [2.05, 4.69) is 10.5 Å². The smallest absolute Gasteiger partial charge is 0.184 e. The van der Waals surface area contributed by atoms with E-state index in [1.54, 1.807) is 0 Å². The Morgan fingerprint density at radius 2 is 1.38 bits per heavy atom. The van der Waals surface area contributed by atoms with Gasteiger partial charge in [0.2, 0.25) is 0 Å². The van der Waals surface area contributed by atoms with Gasteiger partial charge in [-0.2, -0.15) is 5.10 Å². The molecule has 0 bridgehead atoms. The fourth-order valence-electron chi connectivity index (χ4n) is 2.66. The third-order valence-corrected chi connectivity index (χ3v) is 4.47. The molecular weight excluding hydrogens is 352 g/mol. The van der Waals surface area contributed by atoms with Crippen LogP contribution in [0.2, 0.25) is 0 Å². The average molecular weight is 370 g/mol. The Morgan fingerprint density at radius 1 is 0.885 bits per heavy atom. The topological polar surface area (TPSA) is 61.3 Å². The highest BCUT2D eigenvalue weighted by molar-refractivity contribution is 7.80. The van der Waals surface area contributed by atoms with E-state index in [0.717, 1.165) is 17.2 Å². The Labute approximate surface area is 156 Å². The van der Waals surface area contributed by atoms with E-state index in [9.17, 15) is 0 Å². The predicted molar refractivity (Wildman–Crippen MR) is 102 cm³/mol. The van der Waals surface area contributed by atoms with Gasteiger partial charge >= 0.3 is 0 Å². The van der Waals surface area contributed by atoms with Crippen molar-refractivity contribution < 1.29 is 18.9 Å². The van der Waals surface area contributed by atoms with Gasteiger partial charge in [0.15, 0.2) is 35.2 Å². The van der Waals surface area contributed by atoms with Crippen LogP contribution in [0.4, 0.5) is 0 Å². The van der Waals surface area contributed by atoms with Crippen molar-refractivity contribution in [2.24, 2.45) is 5.10 Å². The number of hydrogen-bond acceptors (Lipinski definition) is 6. The van der Waals surface area contributed by atoms with Crippen molar-refractivity contribution in [1.82, 2.24) is 5.43 Å².